The predicted molar refractivity (Wildman–Crippen MR) is 118 cm³/mol. The van der Waals surface area contributed by atoms with Gasteiger partial charge >= 0.3 is 59.1 Å². The molecule has 0 saturated heterocycles. The minimum Gasteiger partial charge on any atom is -0.858 e. The molecule has 1 atom stereocenters. The van der Waals surface area contributed by atoms with Crippen molar-refractivity contribution in [2.45, 2.75) is 10.1 Å². The van der Waals surface area contributed by atoms with Crippen LogP contribution in [0.5, 0.6) is 11.5 Å². The molecule has 4 rings (SSSR count). The Morgan fingerprint density at radius 1 is 1.15 bits per heavy atom. The van der Waals surface area contributed by atoms with Crippen LogP contribution < -0.4 is 79.2 Å². The zero-order valence-corrected chi connectivity index (χ0v) is 25.0. The number of thiazole rings is 1. The Kier molecular flexibility index (Phi) is 11.1. The summed E-state index contributed by atoms with van der Waals surface area (Å²) in [5.74, 6) is 0.204. The van der Waals surface area contributed by atoms with E-state index < -0.39 is 13.5 Å². The van der Waals surface area contributed by atoms with Gasteiger partial charge in [-0.25, -0.2) is 15.0 Å². The van der Waals surface area contributed by atoms with E-state index in [1.807, 2.05) is 17.8 Å². The number of aromatic nitrogens is 3. The zero-order valence-electron chi connectivity index (χ0n) is 18.5. The topological polar surface area (TPSA) is 136 Å². The summed E-state index contributed by atoms with van der Waals surface area (Å²) in [5.41, 5.74) is 0.297. The third-order valence-corrected chi connectivity index (χ3v) is 6.79. The minimum absolute atomic E-state index is 0. The van der Waals surface area contributed by atoms with E-state index in [1.54, 1.807) is 36.0 Å². The predicted octanol–water partition coefficient (Wildman–Crippen LogP) is -3.56. The molecule has 0 fully saturated rings. The Balaban J connectivity index is 0.00000204. The summed E-state index contributed by atoms with van der Waals surface area (Å²) < 4.78 is 18.9. The van der Waals surface area contributed by atoms with Crippen molar-refractivity contribution in [3.8, 4) is 11.5 Å². The van der Waals surface area contributed by atoms with E-state index in [2.05, 4.69) is 15.0 Å². The maximum absolute atomic E-state index is 12.7. The molecular formula is C20H15N4Na2O5PS2. The molecule has 0 aliphatic carbocycles. The quantitative estimate of drug-likeness (QED) is 0.112. The SMILES string of the molecule is Cn1ccnc1Sc1cc(Oc2ccc(P(=O)([O-])O)cc2)cc(C([O-])=Nc2nccs2)c1.[Na+].[Na+]. The van der Waals surface area contributed by atoms with Crippen molar-refractivity contribution in [3.63, 3.8) is 0 Å². The molecule has 2 aromatic carbocycles. The standard InChI is InChI=1S/C20H17N4O5PS2.2Na/c1-24-8-6-22-20(24)32-17-11-13(18(25)23-19-21-7-9-31-19)10-15(12-17)29-14-2-4-16(5-3-14)30(26,27)28;;/h2-12H,1H3,(H,21,23,25)(H2,26,27,28);;/q;2*+1/p-2. The number of benzene rings is 2. The van der Waals surface area contributed by atoms with Gasteiger partial charge in [-0.1, -0.05) is 11.8 Å². The van der Waals surface area contributed by atoms with Gasteiger partial charge in [0.1, 0.15) is 11.5 Å². The van der Waals surface area contributed by atoms with Gasteiger partial charge in [0.05, 0.1) is 0 Å². The molecule has 4 aromatic rings. The number of rotatable bonds is 7. The van der Waals surface area contributed by atoms with Crippen LogP contribution in [0.2, 0.25) is 0 Å². The summed E-state index contributed by atoms with van der Waals surface area (Å²) in [5, 5.41) is 15.3. The number of ether oxygens (including phenoxy) is 1. The normalized spacial score (nSPS) is 12.9. The van der Waals surface area contributed by atoms with Crippen molar-refractivity contribution in [3.05, 3.63) is 72.0 Å². The van der Waals surface area contributed by atoms with E-state index in [9.17, 15) is 14.6 Å². The fourth-order valence-corrected chi connectivity index (χ4v) is 4.55. The van der Waals surface area contributed by atoms with E-state index in [4.69, 9.17) is 9.63 Å². The van der Waals surface area contributed by atoms with Crippen LogP contribution >= 0.6 is 30.7 Å². The molecule has 0 aliphatic heterocycles. The van der Waals surface area contributed by atoms with E-state index in [0.717, 1.165) is 5.16 Å². The Morgan fingerprint density at radius 3 is 2.47 bits per heavy atom. The largest absolute Gasteiger partial charge is 1.00 e. The number of hydrogen-bond donors (Lipinski definition) is 1. The average Bonchev–Trinajstić information content (AvgIpc) is 3.39. The molecule has 0 bridgehead atoms. The van der Waals surface area contributed by atoms with Gasteiger partial charge in [-0.05, 0) is 53.9 Å². The van der Waals surface area contributed by atoms with Crippen LogP contribution in [0.1, 0.15) is 5.56 Å². The maximum Gasteiger partial charge on any atom is 1.00 e. The molecule has 0 saturated carbocycles. The van der Waals surface area contributed by atoms with Crippen LogP contribution in [-0.4, -0.2) is 25.3 Å². The zero-order chi connectivity index (χ0) is 22.7. The molecule has 1 unspecified atom stereocenters. The smallest absolute Gasteiger partial charge is 0.858 e. The first-order chi connectivity index (χ1) is 15.3. The van der Waals surface area contributed by atoms with Gasteiger partial charge in [0.25, 0.3) is 0 Å². The van der Waals surface area contributed by atoms with Crippen LogP contribution in [-0.2, 0) is 11.6 Å². The van der Waals surface area contributed by atoms with Gasteiger partial charge in [0.15, 0.2) is 12.8 Å². The second-order valence-corrected chi connectivity index (χ2v) is 9.93. The van der Waals surface area contributed by atoms with Gasteiger partial charge in [-0.2, -0.15) is 0 Å². The Labute approximate surface area is 248 Å². The van der Waals surface area contributed by atoms with Crippen LogP contribution in [0.4, 0.5) is 5.13 Å². The molecule has 2 heterocycles. The Morgan fingerprint density at radius 2 is 1.88 bits per heavy atom. The molecule has 0 radical (unpaired) electrons. The van der Waals surface area contributed by atoms with E-state index >= 15 is 0 Å². The summed E-state index contributed by atoms with van der Waals surface area (Å²) >= 11 is 2.59. The second-order valence-electron chi connectivity index (χ2n) is 6.46. The van der Waals surface area contributed by atoms with E-state index in [0.29, 0.717) is 27.1 Å². The molecule has 1 N–H and O–H groups in total. The number of aryl methyl sites for hydroxylation is 1. The van der Waals surface area contributed by atoms with Crippen molar-refractivity contribution >= 4 is 47.0 Å². The van der Waals surface area contributed by atoms with E-state index in [1.165, 1.54) is 47.4 Å². The van der Waals surface area contributed by atoms with Gasteiger partial charge in [-0.15, -0.1) is 11.3 Å². The summed E-state index contributed by atoms with van der Waals surface area (Å²) in [7, 11) is -2.74. The number of aliphatic imine (C=N–C) groups is 1. The fraction of sp³-hybridized carbons (Fsp3) is 0.0500. The first kappa shape index (κ1) is 29.3. The fourth-order valence-electron chi connectivity index (χ4n) is 2.63. The number of hydrogen-bond acceptors (Lipinski definition) is 9. The van der Waals surface area contributed by atoms with Crippen LogP contribution in [0.15, 0.2) is 81.5 Å². The number of imidazole rings is 1. The Bertz CT molecular complexity index is 1310. The monoisotopic (exact) mass is 532 g/mol. The molecule has 0 spiro atoms. The Hall–Kier alpha value is -0.950. The maximum atomic E-state index is 12.7. The summed E-state index contributed by atoms with van der Waals surface area (Å²) in [6, 6.07) is 10.3. The third kappa shape index (κ3) is 7.78. The number of nitrogens with zero attached hydrogens (tertiary/aromatic N) is 4. The van der Waals surface area contributed by atoms with Gasteiger partial charge in [0.2, 0.25) is 5.13 Å². The molecule has 14 heteroatoms. The third-order valence-electron chi connectivity index (χ3n) is 4.13. The minimum atomic E-state index is -4.59. The first-order valence-corrected chi connectivity index (χ1v) is 12.3. The molecular weight excluding hydrogens is 517 g/mol. The van der Waals surface area contributed by atoms with Crippen molar-refractivity contribution in [2.75, 3.05) is 0 Å². The van der Waals surface area contributed by atoms with Crippen LogP contribution in [0, 0.1) is 0 Å². The molecule has 9 nitrogen and oxygen atoms in total. The molecule has 0 amide bonds. The summed E-state index contributed by atoms with van der Waals surface area (Å²) in [4.78, 5) is 33.4. The van der Waals surface area contributed by atoms with Crippen molar-refractivity contribution in [1.82, 2.24) is 14.5 Å². The average molecular weight is 532 g/mol. The van der Waals surface area contributed by atoms with Crippen molar-refractivity contribution in [2.24, 2.45) is 12.0 Å². The first-order valence-electron chi connectivity index (χ1n) is 9.06. The van der Waals surface area contributed by atoms with Crippen LogP contribution in [0.3, 0.4) is 0 Å². The molecule has 0 aliphatic rings. The van der Waals surface area contributed by atoms with Crippen LogP contribution in [0.25, 0.3) is 0 Å². The molecule has 2 aromatic heterocycles. The van der Waals surface area contributed by atoms with E-state index in [-0.39, 0.29) is 64.4 Å². The molecule has 34 heavy (non-hydrogen) atoms. The van der Waals surface area contributed by atoms with Gasteiger partial charge in [-0.3, -0.25) is 0 Å². The summed E-state index contributed by atoms with van der Waals surface area (Å²) in [6.07, 6.45) is 5.05. The van der Waals surface area contributed by atoms with Crippen molar-refractivity contribution in [1.29, 1.82) is 0 Å². The van der Waals surface area contributed by atoms with Gasteiger partial charge < -0.3 is 28.8 Å². The van der Waals surface area contributed by atoms with Crippen molar-refractivity contribution < 1.29 is 83.3 Å². The van der Waals surface area contributed by atoms with Gasteiger partial charge in [0, 0.05) is 41.2 Å². The summed E-state index contributed by atoms with van der Waals surface area (Å²) in [6.45, 7) is 0. The second kappa shape index (κ2) is 12.8. The molecule has 164 valence electrons.